The Kier molecular flexibility index (Phi) is 5.55. The zero-order valence-corrected chi connectivity index (χ0v) is 18.9. The average Bonchev–Trinajstić information content (AvgIpc) is 3.48. The molecule has 3 heterocycles. The highest BCUT2D eigenvalue weighted by Gasteiger charge is 2.37. The maximum absolute atomic E-state index is 13.7. The van der Waals surface area contributed by atoms with Crippen molar-refractivity contribution in [1.29, 1.82) is 0 Å². The molecule has 1 N–H and O–H groups in total. The minimum Gasteiger partial charge on any atom is -0.324 e. The molecule has 1 amide bonds. The van der Waals surface area contributed by atoms with E-state index in [1.54, 1.807) is 29.2 Å². The number of aromatic nitrogens is 5. The molecule has 5 rings (SSSR count). The summed E-state index contributed by atoms with van der Waals surface area (Å²) < 4.78 is 44.1. The molecule has 0 atom stereocenters. The molecule has 4 aromatic rings. The zero-order chi connectivity index (χ0) is 24.0. The van der Waals surface area contributed by atoms with Crippen LogP contribution in [-0.2, 0) is 24.1 Å². The van der Waals surface area contributed by atoms with E-state index in [1.165, 1.54) is 11.6 Å². The van der Waals surface area contributed by atoms with Crippen LogP contribution in [0.3, 0.4) is 0 Å². The molecule has 1 saturated carbocycles. The minimum atomic E-state index is -4.53. The topological polar surface area (TPSA) is 77.6 Å². The summed E-state index contributed by atoms with van der Waals surface area (Å²) >= 11 is 5.87. The summed E-state index contributed by atoms with van der Waals surface area (Å²) in [5, 5.41) is 11.6. The highest BCUT2D eigenvalue weighted by atomic mass is 35.5. The minimum absolute atomic E-state index is 0.0271. The molecule has 0 spiro atoms. The second-order valence-corrected chi connectivity index (χ2v) is 8.85. The van der Waals surface area contributed by atoms with E-state index >= 15 is 0 Å². The van der Waals surface area contributed by atoms with Crippen LogP contribution in [0.4, 0.5) is 18.9 Å². The van der Waals surface area contributed by atoms with E-state index in [9.17, 15) is 18.0 Å². The Bertz CT molecular complexity index is 1370. The van der Waals surface area contributed by atoms with E-state index in [2.05, 4.69) is 20.5 Å². The van der Waals surface area contributed by atoms with Gasteiger partial charge in [0.05, 0.1) is 34.4 Å². The Morgan fingerprint density at radius 1 is 1.24 bits per heavy atom. The van der Waals surface area contributed by atoms with Crippen LogP contribution in [0.2, 0.25) is 5.02 Å². The lowest BCUT2D eigenvalue weighted by Crippen LogP contribution is -2.20. The van der Waals surface area contributed by atoms with Crippen molar-refractivity contribution in [3.05, 3.63) is 70.3 Å². The van der Waals surface area contributed by atoms with Crippen molar-refractivity contribution in [2.75, 3.05) is 5.32 Å². The summed E-state index contributed by atoms with van der Waals surface area (Å²) in [6.07, 6.45) is 0.353. The fourth-order valence-corrected chi connectivity index (χ4v) is 4.09. The van der Waals surface area contributed by atoms with Gasteiger partial charge in [-0.2, -0.15) is 23.4 Å². The monoisotopic (exact) mass is 488 g/mol. The van der Waals surface area contributed by atoms with Gasteiger partial charge in [0.2, 0.25) is 5.91 Å². The lowest BCUT2D eigenvalue weighted by Gasteiger charge is -2.11. The lowest BCUT2D eigenvalue weighted by atomic mass is 10.1. The quantitative estimate of drug-likeness (QED) is 0.406. The summed E-state index contributed by atoms with van der Waals surface area (Å²) in [5.41, 5.74) is 1.43. The van der Waals surface area contributed by atoms with Gasteiger partial charge in [0, 0.05) is 23.5 Å². The molecule has 3 aromatic heterocycles. The number of nitrogens with one attached hydrogen (secondary N) is 1. The van der Waals surface area contributed by atoms with Crippen LogP contribution >= 0.6 is 11.6 Å². The molecule has 0 unspecified atom stereocenters. The molecule has 176 valence electrons. The lowest BCUT2D eigenvalue weighted by molar-refractivity contribution is -0.136. The van der Waals surface area contributed by atoms with Crippen LogP contribution in [0, 0.1) is 6.92 Å². The number of benzene rings is 1. The third kappa shape index (κ3) is 4.63. The maximum atomic E-state index is 13.7. The number of alkyl halides is 3. The SMILES string of the molecule is Cc1nn(CC(=O)Nc2ccc(Cn3cc(Cl)cn3)cc2)c2nc(C3CC3)cc(C(F)(F)F)c12. The molecule has 0 radical (unpaired) electrons. The molecule has 1 aromatic carbocycles. The first-order chi connectivity index (χ1) is 16.2. The molecule has 34 heavy (non-hydrogen) atoms. The molecular weight excluding hydrogens is 469 g/mol. The number of aryl methyl sites for hydroxylation is 1. The van der Waals surface area contributed by atoms with E-state index in [0.717, 1.165) is 24.5 Å². The third-order valence-electron chi connectivity index (χ3n) is 5.68. The summed E-state index contributed by atoms with van der Waals surface area (Å²) in [6.45, 7) is 1.77. The van der Waals surface area contributed by atoms with Gasteiger partial charge >= 0.3 is 6.18 Å². The summed E-state index contributed by atoms with van der Waals surface area (Å²) in [6, 6.07) is 8.30. The van der Waals surface area contributed by atoms with E-state index in [4.69, 9.17) is 11.6 Å². The molecule has 0 aliphatic heterocycles. The van der Waals surface area contributed by atoms with Crippen molar-refractivity contribution in [1.82, 2.24) is 24.5 Å². The highest BCUT2D eigenvalue weighted by Crippen LogP contribution is 2.43. The van der Waals surface area contributed by atoms with E-state index in [0.29, 0.717) is 22.9 Å². The predicted octanol–water partition coefficient (Wildman–Crippen LogP) is 5.17. The predicted molar refractivity (Wildman–Crippen MR) is 121 cm³/mol. The standard InChI is InChI=1S/C23H20ClF3N6O/c1-13-21-18(23(25,26)27)8-19(15-4-5-15)30-22(21)33(31-13)12-20(34)29-17-6-2-14(3-7-17)10-32-11-16(24)9-28-32/h2-3,6-9,11,15H,4-5,10,12H2,1H3,(H,29,34). The Hall–Kier alpha value is -3.40. The number of hydrogen-bond acceptors (Lipinski definition) is 4. The number of carbonyl (C=O) groups is 1. The fraction of sp³-hybridized carbons (Fsp3) is 0.304. The van der Waals surface area contributed by atoms with Crippen molar-refractivity contribution >= 4 is 34.2 Å². The van der Waals surface area contributed by atoms with Crippen LogP contribution in [0.15, 0.2) is 42.7 Å². The van der Waals surface area contributed by atoms with Crippen molar-refractivity contribution in [3.63, 3.8) is 0 Å². The number of rotatable bonds is 6. The Morgan fingerprint density at radius 2 is 1.97 bits per heavy atom. The number of fused-ring (bicyclic) bond motifs is 1. The van der Waals surface area contributed by atoms with E-state index in [1.807, 2.05) is 12.1 Å². The van der Waals surface area contributed by atoms with Crippen LogP contribution in [0.5, 0.6) is 0 Å². The van der Waals surface area contributed by atoms with Gasteiger partial charge in [-0.15, -0.1) is 0 Å². The molecule has 1 aliphatic rings. The first-order valence-corrected chi connectivity index (χ1v) is 11.1. The highest BCUT2D eigenvalue weighted by molar-refractivity contribution is 6.30. The second-order valence-electron chi connectivity index (χ2n) is 8.41. The third-order valence-corrected chi connectivity index (χ3v) is 5.87. The molecule has 7 nitrogen and oxygen atoms in total. The summed E-state index contributed by atoms with van der Waals surface area (Å²) in [4.78, 5) is 17.1. The average molecular weight is 489 g/mol. The molecule has 1 aliphatic carbocycles. The maximum Gasteiger partial charge on any atom is 0.417 e. The molecule has 0 bridgehead atoms. The zero-order valence-electron chi connectivity index (χ0n) is 18.1. The number of pyridine rings is 1. The molecule has 1 fully saturated rings. The normalized spacial score (nSPS) is 14.0. The van der Waals surface area contributed by atoms with Crippen LogP contribution in [0.1, 0.15) is 41.3 Å². The van der Waals surface area contributed by atoms with Gasteiger partial charge in [0.1, 0.15) is 6.54 Å². The smallest absolute Gasteiger partial charge is 0.324 e. The summed E-state index contributed by atoms with van der Waals surface area (Å²) in [5.74, 6) is -0.387. The van der Waals surface area contributed by atoms with Crippen molar-refractivity contribution in [2.24, 2.45) is 0 Å². The molecular formula is C23H20ClF3N6O. The van der Waals surface area contributed by atoms with E-state index < -0.39 is 17.6 Å². The van der Waals surface area contributed by atoms with Gasteiger partial charge in [0.15, 0.2) is 5.65 Å². The Labute approximate surface area is 197 Å². The first kappa shape index (κ1) is 22.4. The number of carbonyl (C=O) groups excluding carboxylic acids is 1. The summed E-state index contributed by atoms with van der Waals surface area (Å²) in [7, 11) is 0. The number of anilines is 1. The van der Waals surface area contributed by atoms with E-state index in [-0.39, 0.29) is 29.2 Å². The fourth-order valence-electron chi connectivity index (χ4n) is 3.94. The first-order valence-electron chi connectivity index (χ1n) is 10.7. The van der Waals surface area contributed by atoms with Gasteiger partial charge in [0.25, 0.3) is 0 Å². The molecule has 0 saturated heterocycles. The van der Waals surface area contributed by atoms with Crippen molar-refractivity contribution in [2.45, 2.75) is 44.9 Å². The van der Waals surface area contributed by atoms with Crippen LogP contribution in [0.25, 0.3) is 11.0 Å². The van der Waals surface area contributed by atoms with Gasteiger partial charge < -0.3 is 5.32 Å². The molecule has 11 heteroatoms. The van der Waals surface area contributed by atoms with Gasteiger partial charge in [-0.25, -0.2) is 9.67 Å². The van der Waals surface area contributed by atoms with Crippen LogP contribution < -0.4 is 5.32 Å². The van der Waals surface area contributed by atoms with Crippen LogP contribution in [-0.4, -0.2) is 30.5 Å². The second kappa shape index (κ2) is 8.43. The Balaban J connectivity index is 1.35. The van der Waals surface area contributed by atoms with Gasteiger partial charge in [-0.05, 0) is 43.5 Å². The number of halogens is 4. The number of hydrogen-bond donors (Lipinski definition) is 1. The van der Waals surface area contributed by atoms with Gasteiger partial charge in [-0.1, -0.05) is 23.7 Å². The van der Waals surface area contributed by atoms with Crippen molar-refractivity contribution in [3.8, 4) is 0 Å². The Morgan fingerprint density at radius 3 is 2.59 bits per heavy atom. The van der Waals surface area contributed by atoms with Crippen molar-refractivity contribution < 1.29 is 18.0 Å². The number of amides is 1. The number of nitrogens with zero attached hydrogens (tertiary/aromatic N) is 5. The largest absolute Gasteiger partial charge is 0.417 e. The van der Waals surface area contributed by atoms with Gasteiger partial charge in [-0.3, -0.25) is 9.48 Å².